The van der Waals surface area contributed by atoms with Gasteiger partial charge in [0.05, 0.1) is 19.0 Å². The smallest absolute Gasteiger partial charge is 0.356 e. The van der Waals surface area contributed by atoms with Crippen molar-refractivity contribution in [1.82, 2.24) is 19.9 Å². The molecular formula is C18H14FN5O5. The maximum atomic E-state index is 13.9. The predicted molar refractivity (Wildman–Crippen MR) is 96.0 cm³/mol. The van der Waals surface area contributed by atoms with E-state index in [0.717, 1.165) is 17.8 Å². The van der Waals surface area contributed by atoms with Gasteiger partial charge in [-0.3, -0.25) is 9.59 Å². The molecule has 3 aromatic rings. The molecule has 0 bridgehead atoms. The molecule has 4 rings (SSSR count). The predicted octanol–water partition coefficient (Wildman–Crippen LogP) is 0.916. The van der Waals surface area contributed by atoms with Crippen molar-refractivity contribution >= 4 is 29.1 Å². The van der Waals surface area contributed by atoms with E-state index in [1.54, 1.807) is 18.2 Å². The molecule has 0 fully saturated rings. The molecule has 29 heavy (non-hydrogen) atoms. The highest BCUT2D eigenvalue weighted by Gasteiger charge is 2.21. The van der Waals surface area contributed by atoms with E-state index in [1.165, 1.54) is 6.07 Å². The van der Waals surface area contributed by atoms with E-state index < -0.39 is 17.7 Å². The Balaban J connectivity index is 1.57. The van der Waals surface area contributed by atoms with Gasteiger partial charge in [0.1, 0.15) is 11.4 Å². The topological polar surface area (TPSA) is 124 Å². The molecule has 1 aliphatic heterocycles. The normalized spacial score (nSPS) is 12.7. The summed E-state index contributed by atoms with van der Waals surface area (Å²) in [5.74, 6) is -1.94. The monoisotopic (exact) mass is 399 g/mol. The standard InChI is InChI=1S/C18H14FN5O5/c1-28-18(27)13-5-12(23-16-10(19)7-21-24(13)16)17(26)20-6-9-2-3-14-11(4-9)22-15(25)8-29-14/h2-5,7H,6,8H2,1H3,(H,20,26)(H,22,25). The number of amides is 2. The van der Waals surface area contributed by atoms with E-state index in [-0.39, 0.29) is 36.1 Å². The van der Waals surface area contributed by atoms with Crippen LogP contribution in [-0.2, 0) is 16.1 Å². The number of rotatable bonds is 4. The Kier molecular flexibility index (Phi) is 4.55. The zero-order chi connectivity index (χ0) is 20.5. The number of esters is 1. The third-order valence-electron chi connectivity index (χ3n) is 4.19. The average Bonchev–Trinajstić information content (AvgIpc) is 3.11. The third-order valence-corrected chi connectivity index (χ3v) is 4.19. The number of methoxy groups -OCH3 is 1. The summed E-state index contributed by atoms with van der Waals surface area (Å²) in [6, 6.07) is 6.24. The van der Waals surface area contributed by atoms with Gasteiger partial charge >= 0.3 is 5.97 Å². The van der Waals surface area contributed by atoms with Crippen molar-refractivity contribution in [3.8, 4) is 5.75 Å². The highest BCUT2D eigenvalue weighted by atomic mass is 19.1. The maximum Gasteiger partial charge on any atom is 0.356 e. The summed E-state index contributed by atoms with van der Waals surface area (Å²) in [4.78, 5) is 39.8. The minimum atomic E-state index is -0.792. The lowest BCUT2D eigenvalue weighted by atomic mass is 10.1. The molecule has 0 saturated carbocycles. The van der Waals surface area contributed by atoms with E-state index in [4.69, 9.17) is 4.74 Å². The number of ether oxygens (including phenoxy) is 2. The first kappa shape index (κ1) is 18.3. The van der Waals surface area contributed by atoms with Gasteiger partial charge in [0.25, 0.3) is 11.8 Å². The van der Waals surface area contributed by atoms with Gasteiger partial charge in [-0.15, -0.1) is 0 Å². The summed E-state index contributed by atoms with van der Waals surface area (Å²) in [7, 11) is 1.16. The number of carbonyl (C=O) groups is 3. The number of halogens is 1. The Morgan fingerprint density at radius 2 is 2.21 bits per heavy atom. The maximum absolute atomic E-state index is 13.9. The fourth-order valence-electron chi connectivity index (χ4n) is 2.82. The summed E-state index contributed by atoms with van der Waals surface area (Å²) in [6.45, 7) is 0.0507. The van der Waals surface area contributed by atoms with Crippen LogP contribution in [0.4, 0.5) is 10.1 Å². The summed E-state index contributed by atoms with van der Waals surface area (Å²) < 4.78 is 24.8. The highest BCUT2D eigenvalue weighted by molar-refractivity contribution is 5.97. The molecule has 3 heterocycles. The molecule has 1 aliphatic rings. The van der Waals surface area contributed by atoms with Crippen LogP contribution in [0.5, 0.6) is 5.75 Å². The Labute approximate surface area is 162 Å². The Morgan fingerprint density at radius 1 is 1.38 bits per heavy atom. The lowest BCUT2D eigenvalue weighted by molar-refractivity contribution is -0.118. The molecular weight excluding hydrogens is 385 g/mol. The number of anilines is 1. The SMILES string of the molecule is COC(=O)c1cc(C(=O)NCc2ccc3c(c2)NC(=O)CO3)nc2c(F)cnn12. The van der Waals surface area contributed by atoms with Gasteiger partial charge in [-0.25, -0.2) is 18.7 Å². The van der Waals surface area contributed by atoms with Crippen LogP contribution in [0.15, 0.2) is 30.5 Å². The minimum Gasteiger partial charge on any atom is -0.482 e. The first-order valence-electron chi connectivity index (χ1n) is 8.42. The average molecular weight is 399 g/mol. The number of benzene rings is 1. The second kappa shape index (κ2) is 7.19. The molecule has 0 atom stereocenters. The molecule has 2 amide bonds. The molecule has 0 saturated heterocycles. The van der Waals surface area contributed by atoms with Crippen LogP contribution in [0.1, 0.15) is 26.5 Å². The number of aromatic nitrogens is 3. The molecule has 11 heteroatoms. The third kappa shape index (κ3) is 3.45. The molecule has 0 unspecified atom stereocenters. The van der Waals surface area contributed by atoms with E-state index >= 15 is 0 Å². The zero-order valence-electron chi connectivity index (χ0n) is 15.1. The van der Waals surface area contributed by atoms with Crippen molar-refractivity contribution < 1.29 is 28.2 Å². The molecule has 1 aromatic carbocycles. The van der Waals surface area contributed by atoms with Gasteiger partial charge in [0.15, 0.2) is 23.8 Å². The lowest BCUT2D eigenvalue weighted by Crippen LogP contribution is -2.27. The summed E-state index contributed by atoms with van der Waals surface area (Å²) in [5.41, 5.74) is 0.605. The second-order valence-electron chi connectivity index (χ2n) is 6.10. The molecule has 0 aliphatic carbocycles. The Morgan fingerprint density at radius 3 is 3.00 bits per heavy atom. The van der Waals surface area contributed by atoms with Crippen LogP contribution >= 0.6 is 0 Å². The van der Waals surface area contributed by atoms with Crippen molar-refractivity contribution in [3.63, 3.8) is 0 Å². The van der Waals surface area contributed by atoms with Crippen molar-refractivity contribution in [2.24, 2.45) is 0 Å². The van der Waals surface area contributed by atoms with Crippen molar-refractivity contribution in [1.29, 1.82) is 0 Å². The molecule has 0 radical (unpaired) electrons. The van der Waals surface area contributed by atoms with Gasteiger partial charge in [-0.1, -0.05) is 6.07 Å². The van der Waals surface area contributed by atoms with Crippen molar-refractivity contribution in [3.05, 3.63) is 53.2 Å². The fraction of sp³-hybridized carbons (Fsp3) is 0.167. The molecule has 148 valence electrons. The Bertz CT molecular complexity index is 1160. The van der Waals surface area contributed by atoms with E-state index in [2.05, 4.69) is 25.5 Å². The first-order chi connectivity index (χ1) is 14.0. The Hall–Kier alpha value is -4.02. The van der Waals surface area contributed by atoms with Crippen LogP contribution in [0.25, 0.3) is 5.65 Å². The van der Waals surface area contributed by atoms with Crippen LogP contribution < -0.4 is 15.4 Å². The number of hydrogen-bond acceptors (Lipinski definition) is 7. The number of nitrogens with zero attached hydrogens (tertiary/aromatic N) is 3. The largest absolute Gasteiger partial charge is 0.482 e. The lowest BCUT2D eigenvalue weighted by Gasteiger charge is -2.18. The highest BCUT2D eigenvalue weighted by Crippen LogP contribution is 2.28. The number of hydrogen-bond donors (Lipinski definition) is 2. The number of nitrogens with one attached hydrogen (secondary N) is 2. The van der Waals surface area contributed by atoms with Crippen molar-refractivity contribution in [2.75, 3.05) is 19.0 Å². The zero-order valence-corrected chi connectivity index (χ0v) is 15.1. The van der Waals surface area contributed by atoms with E-state index in [1.807, 2.05) is 0 Å². The van der Waals surface area contributed by atoms with Crippen LogP contribution in [0, 0.1) is 5.82 Å². The fourth-order valence-corrected chi connectivity index (χ4v) is 2.82. The second-order valence-corrected chi connectivity index (χ2v) is 6.10. The summed E-state index contributed by atoms with van der Waals surface area (Å²) in [6.07, 6.45) is 0.889. The van der Waals surface area contributed by atoms with Gasteiger partial charge in [-0.05, 0) is 17.7 Å². The van der Waals surface area contributed by atoms with E-state index in [9.17, 15) is 18.8 Å². The number of carbonyl (C=O) groups excluding carboxylic acids is 3. The van der Waals surface area contributed by atoms with Crippen LogP contribution in [-0.4, -0.2) is 46.1 Å². The molecule has 2 N–H and O–H groups in total. The summed E-state index contributed by atoms with van der Waals surface area (Å²) in [5, 5.41) is 9.04. The molecule has 0 spiro atoms. The van der Waals surface area contributed by atoms with Gasteiger partial charge in [0, 0.05) is 12.6 Å². The molecule has 2 aromatic heterocycles. The van der Waals surface area contributed by atoms with Gasteiger partial charge in [0.2, 0.25) is 0 Å². The first-order valence-corrected chi connectivity index (χ1v) is 8.42. The quantitative estimate of drug-likeness (QED) is 0.625. The van der Waals surface area contributed by atoms with Crippen LogP contribution in [0.3, 0.4) is 0 Å². The summed E-state index contributed by atoms with van der Waals surface area (Å²) >= 11 is 0. The van der Waals surface area contributed by atoms with Crippen LogP contribution in [0.2, 0.25) is 0 Å². The van der Waals surface area contributed by atoms with Gasteiger partial charge < -0.3 is 20.1 Å². The molecule has 10 nitrogen and oxygen atoms in total. The van der Waals surface area contributed by atoms with Gasteiger partial charge in [-0.2, -0.15) is 5.10 Å². The minimum absolute atomic E-state index is 0.0507. The van der Waals surface area contributed by atoms with E-state index in [0.29, 0.717) is 17.0 Å². The number of fused-ring (bicyclic) bond motifs is 2. The van der Waals surface area contributed by atoms with Crippen molar-refractivity contribution in [2.45, 2.75) is 6.54 Å².